The fourth-order valence-corrected chi connectivity index (χ4v) is 5.03. The van der Waals surface area contributed by atoms with Crippen molar-refractivity contribution in [3.05, 3.63) is 12.2 Å². The number of carbonyl (C=O) groups excluding carboxylic acids is 1. The van der Waals surface area contributed by atoms with Crippen molar-refractivity contribution in [2.24, 2.45) is 17.2 Å². The molecule has 15 atom stereocenters. The Labute approximate surface area is 236 Å². The number of aliphatic hydroxyl groups is 7. The zero-order chi connectivity index (χ0) is 30.8. The van der Waals surface area contributed by atoms with Crippen LogP contribution in [-0.2, 0) is 33.2 Å². The van der Waals surface area contributed by atoms with Gasteiger partial charge >= 0.3 is 5.97 Å². The summed E-state index contributed by atoms with van der Waals surface area (Å²) < 4.78 is 33.9. The van der Waals surface area contributed by atoms with Gasteiger partial charge in [0.15, 0.2) is 25.0 Å². The quantitative estimate of drug-likeness (QED) is 0.0828. The van der Waals surface area contributed by atoms with Crippen molar-refractivity contribution in [3.8, 4) is 0 Å². The van der Waals surface area contributed by atoms with Crippen LogP contribution in [0.2, 0.25) is 0 Å². The van der Waals surface area contributed by atoms with Crippen LogP contribution >= 0.6 is 0 Å². The van der Waals surface area contributed by atoms with Crippen LogP contribution < -0.4 is 17.2 Å². The fourth-order valence-electron chi connectivity index (χ4n) is 5.03. The van der Waals surface area contributed by atoms with Gasteiger partial charge in [0, 0.05) is 5.57 Å². The molecule has 0 aromatic carbocycles. The summed E-state index contributed by atoms with van der Waals surface area (Å²) in [7, 11) is 0. The summed E-state index contributed by atoms with van der Waals surface area (Å²) in [4.78, 5) is 12.3. The van der Waals surface area contributed by atoms with E-state index in [1.54, 1.807) is 6.92 Å². The van der Waals surface area contributed by atoms with Crippen LogP contribution in [-0.4, -0.2) is 153 Å². The third-order valence-corrected chi connectivity index (χ3v) is 7.76. The van der Waals surface area contributed by atoms with E-state index >= 15 is 0 Å². The molecular weight excluding hydrogens is 554 g/mol. The lowest BCUT2D eigenvalue weighted by atomic mass is 9.84. The van der Waals surface area contributed by atoms with Gasteiger partial charge < -0.3 is 81.4 Å². The normalized spacial score (nSPS) is 47.1. The Morgan fingerprint density at radius 1 is 0.854 bits per heavy atom. The molecule has 3 fully saturated rings. The Bertz CT molecular complexity index is 894. The largest absolute Gasteiger partial charge is 0.454 e. The van der Waals surface area contributed by atoms with E-state index in [2.05, 4.69) is 6.58 Å². The highest BCUT2D eigenvalue weighted by molar-refractivity contribution is 5.87. The summed E-state index contributed by atoms with van der Waals surface area (Å²) in [5.41, 5.74) is 16.6. The summed E-state index contributed by atoms with van der Waals surface area (Å²) in [5, 5.41) is 72.0. The first kappa shape index (κ1) is 34.1. The van der Waals surface area contributed by atoms with Crippen molar-refractivity contribution in [2.75, 3.05) is 19.8 Å². The third kappa shape index (κ3) is 6.74. The lowest BCUT2D eigenvalue weighted by Gasteiger charge is -2.51. The zero-order valence-corrected chi connectivity index (χ0v) is 22.8. The number of hydrogen-bond donors (Lipinski definition) is 10. The van der Waals surface area contributed by atoms with Gasteiger partial charge in [-0.2, -0.15) is 0 Å². The predicted molar refractivity (Wildman–Crippen MR) is 135 cm³/mol. The second kappa shape index (κ2) is 13.9. The van der Waals surface area contributed by atoms with Gasteiger partial charge in [0.05, 0.1) is 37.9 Å². The molecule has 0 aromatic rings. The number of nitrogens with two attached hydrogens (primary N) is 3. The van der Waals surface area contributed by atoms with Gasteiger partial charge in [0.2, 0.25) is 0 Å². The molecule has 3 heterocycles. The van der Waals surface area contributed by atoms with Crippen LogP contribution in [0.4, 0.5) is 0 Å². The Morgan fingerprint density at radius 2 is 1.41 bits per heavy atom. The minimum Gasteiger partial charge on any atom is -0.454 e. The van der Waals surface area contributed by atoms with E-state index in [1.807, 2.05) is 0 Å². The van der Waals surface area contributed by atoms with E-state index in [4.69, 9.17) is 45.6 Å². The molecule has 0 aliphatic carbocycles. The summed E-state index contributed by atoms with van der Waals surface area (Å²) in [5.74, 6) is -0.859. The fraction of sp³-hybridized carbons (Fsp3) is 0.875. The van der Waals surface area contributed by atoms with Crippen LogP contribution in [0, 0.1) is 0 Å². The topological polar surface area (TPSA) is 292 Å². The van der Waals surface area contributed by atoms with Gasteiger partial charge in [-0.15, -0.1) is 0 Å². The lowest BCUT2D eigenvalue weighted by Crippen LogP contribution is -2.71. The van der Waals surface area contributed by atoms with E-state index in [-0.39, 0.29) is 12.0 Å². The molecule has 0 radical (unpaired) electrons. The summed E-state index contributed by atoms with van der Waals surface area (Å²) in [6.07, 6.45) is -16.0. The number of ether oxygens (including phenoxy) is 6. The number of aliphatic hydroxyl groups excluding tert-OH is 7. The van der Waals surface area contributed by atoms with Gasteiger partial charge in [-0.25, -0.2) is 4.79 Å². The van der Waals surface area contributed by atoms with E-state index in [0.717, 1.165) is 0 Å². The minimum atomic E-state index is -1.63. The molecule has 13 N–H and O–H groups in total. The van der Waals surface area contributed by atoms with E-state index in [9.17, 15) is 40.5 Å². The number of esters is 1. The summed E-state index contributed by atoms with van der Waals surface area (Å²) in [6, 6.07) is -4.04. The van der Waals surface area contributed by atoms with E-state index < -0.39 is 117 Å². The van der Waals surface area contributed by atoms with Gasteiger partial charge in [-0.05, 0) is 13.3 Å². The monoisotopic (exact) mass is 597 g/mol. The number of carbonyl (C=O) groups is 1. The van der Waals surface area contributed by atoms with Crippen molar-refractivity contribution in [1.82, 2.24) is 0 Å². The third-order valence-electron chi connectivity index (χ3n) is 7.76. The maximum absolute atomic E-state index is 12.3. The summed E-state index contributed by atoms with van der Waals surface area (Å²) >= 11 is 0. The molecule has 0 bridgehead atoms. The first-order valence-corrected chi connectivity index (χ1v) is 13.2. The smallest absolute Gasteiger partial charge is 0.333 e. The van der Waals surface area contributed by atoms with Crippen molar-refractivity contribution in [2.45, 2.75) is 112 Å². The molecule has 0 spiro atoms. The summed E-state index contributed by atoms with van der Waals surface area (Å²) in [6.45, 7) is 4.37. The van der Waals surface area contributed by atoms with Crippen LogP contribution in [0.25, 0.3) is 0 Å². The van der Waals surface area contributed by atoms with E-state index in [1.165, 1.54) is 6.92 Å². The Morgan fingerprint density at radius 3 is 1.95 bits per heavy atom. The van der Waals surface area contributed by atoms with Crippen LogP contribution in [0.5, 0.6) is 0 Å². The molecule has 17 nitrogen and oxygen atoms in total. The average molecular weight is 598 g/mol. The van der Waals surface area contributed by atoms with Crippen molar-refractivity contribution in [3.63, 3.8) is 0 Å². The minimum absolute atomic E-state index is 0.0212. The molecular formula is C24H43N3O14. The molecule has 3 aliphatic rings. The maximum Gasteiger partial charge on any atom is 0.333 e. The Kier molecular flexibility index (Phi) is 11.6. The van der Waals surface area contributed by atoms with Gasteiger partial charge in [-0.3, -0.25) is 0 Å². The molecule has 0 amide bonds. The highest BCUT2D eigenvalue weighted by atomic mass is 16.7. The standard InChI is InChI=1S/C24H43N3O14/c1-4-24(7-30)19(33)15(32)12(26)23(41-24)39-16-9(5-28)37-22(11(25)14(16)31)40-17-10(6-29)36-21(35)13(27)18(17)38-20(34)8(2)3/h9-19,21-23,28-33,35H,2,4-7,25-27H2,1,3H3/t9-,10-,11-,12-,13-,14-,15-,16?,17?,18-,19+,21-,22+,23+,24-/m1/s1. The maximum atomic E-state index is 12.3. The highest BCUT2D eigenvalue weighted by Crippen LogP contribution is 2.35. The SMILES string of the molecule is C=C(C)C(=O)O[C@H]1C(O[C@@H]2O[C@H](CO)C(O[C@H]3O[C@](CC)(CO)[C@@H](O)[C@H](O)[C@H]3N)[C@H](O)[C@H]2N)[C@@H](CO)O[C@@H](O)[C@@H]1N. The number of rotatable bonds is 10. The molecule has 0 saturated carbocycles. The van der Waals surface area contributed by atoms with Crippen molar-refractivity contribution in [1.29, 1.82) is 0 Å². The Hall–Kier alpha value is -1.39. The Balaban J connectivity index is 1.81. The van der Waals surface area contributed by atoms with E-state index in [0.29, 0.717) is 0 Å². The molecule has 3 saturated heterocycles. The lowest BCUT2D eigenvalue weighted by molar-refractivity contribution is -0.360. The zero-order valence-electron chi connectivity index (χ0n) is 22.8. The molecule has 0 aromatic heterocycles. The average Bonchev–Trinajstić information content (AvgIpc) is 2.96. The van der Waals surface area contributed by atoms with Gasteiger partial charge in [0.25, 0.3) is 0 Å². The predicted octanol–water partition coefficient (Wildman–Crippen LogP) is -5.77. The van der Waals surface area contributed by atoms with Gasteiger partial charge in [-0.1, -0.05) is 13.5 Å². The van der Waals surface area contributed by atoms with Crippen LogP contribution in [0.15, 0.2) is 12.2 Å². The molecule has 3 rings (SSSR count). The van der Waals surface area contributed by atoms with Crippen LogP contribution in [0.3, 0.4) is 0 Å². The first-order chi connectivity index (χ1) is 19.3. The van der Waals surface area contributed by atoms with Crippen LogP contribution in [0.1, 0.15) is 20.3 Å². The first-order valence-electron chi connectivity index (χ1n) is 13.2. The number of hydrogen-bond acceptors (Lipinski definition) is 17. The second-order valence-electron chi connectivity index (χ2n) is 10.5. The second-order valence-corrected chi connectivity index (χ2v) is 10.5. The molecule has 41 heavy (non-hydrogen) atoms. The highest BCUT2D eigenvalue weighted by Gasteiger charge is 2.56. The molecule has 238 valence electrons. The molecule has 3 aliphatic heterocycles. The molecule has 17 heteroatoms. The molecule has 2 unspecified atom stereocenters. The van der Waals surface area contributed by atoms with Gasteiger partial charge in [0.1, 0.15) is 48.3 Å². The van der Waals surface area contributed by atoms with Crippen molar-refractivity contribution < 1.29 is 69.0 Å². The van der Waals surface area contributed by atoms with Crippen molar-refractivity contribution >= 4 is 5.97 Å².